The normalized spacial score (nSPS) is 27.5. The van der Waals surface area contributed by atoms with Crippen LogP contribution in [-0.2, 0) is 10.0 Å². The molecule has 0 bridgehead atoms. The van der Waals surface area contributed by atoms with Gasteiger partial charge in [-0.05, 0) is 77.7 Å². The Hall–Kier alpha value is -2.27. The van der Waals surface area contributed by atoms with Gasteiger partial charge in [0.25, 0.3) is 11.5 Å². The molecular weight excluding hydrogens is 514 g/mol. The topological polar surface area (TPSA) is 95.0 Å². The van der Waals surface area contributed by atoms with Crippen LogP contribution in [0.25, 0.3) is 10.9 Å². The zero-order valence-corrected chi connectivity index (χ0v) is 24.7. The van der Waals surface area contributed by atoms with Gasteiger partial charge in [0.2, 0.25) is 10.0 Å². The van der Waals surface area contributed by atoms with Gasteiger partial charge in [-0.3, -0.25) is 14.5 Å². The van der Waals surface area contributed by atoms with Crippen LogP contribution in [0.5, 0.6) is 0 Å². The molecule has 3 heterocycles. The predicted molar refractivity (Wildman–Crippen MR) is 155 cm³/mol. The Morgan fingerprint density at radius 2 is 1.95 bits per heavy atom. The number of likely N-dealkylation sites (N-methyl/N-ethyl adjacent to an activating group) is 1. The fourth-order valence-corrected chi connectivity index (χ4v) is 8.57. The lowest BCUT2D eigenvalue weighted by molar-refractivity contribution is -0.141. The summed E-state index contributed by atoms with van der Waals surface area (Å²) in [7, 11) is 0.768. The number of para-hydroxylation sites is 1. The lowest BCUT2D eigenvalue weighted by Gasteiger charge is -2.66. The van der Waals surface area contributed by atoms with Crippen molar-refractivity contribution < 1.29 is 13.2 Å². The van der Waals surface area contributed by atoms with Crippen molar-refractivity contribution >= 4 is 26.8 Å². The number of rotatable bonds is 10. The van der Waals surface area contributed by atoms with Gasteiger partial charge in [-0.25, -0.2) is 12.7 Å². The summed E-state index contributed by atoms with van der Waals surface area (Å²) in [6.45, 7) is 8.02. The second-order valence-corrected chi connectivity index (χ2v) is 14.1. The minimum Gasteiger partial charge on any atom is -0.349 e. The first-order chi connectivity index (χ1) is 18.5. The molecule has 39 heavy (non-hydrogen) atoms. The number of benzene rings is 1. The highest BCUT2D eigenvalue weighted by Gasteiger charge is 2.58. The van der Waals surface area contributed by atoms with Crippen LogP contribution in [0, 0.1) is 5.92 Å². The maximum Gasteiger partial charge on any atom is 0.264 e. The molecule has 5 rings (SSSR count). The number of aromatic nitrogens is 1. The summed E-state index contributed by atoms with van der Waals surface area (Å²) in [5, 5.41) is 4.05. The molecule has 1 amide bonds. The molecule has 2 saturated heterocycles. The molecule has 0 spiro atoms. The Bertz CT molecular complexity index is 1390. The number of carbonyl (C=O) groups excluding carboxylic acids is 1. The number of nitrogens with one attached hydrogen (secondary N) is 1. The highest BCUT2D eigenvalue weighted by Crippen LogP contribution is 2.48. The molecule has 0 radical (unpaired) electrons. The minimum absolute atomic E-state index is 0.0402. The smallest absolute Gasteiger partial charge is 0.264 e. The molecule has 2 aliphatic heterocycles. The van der Waals surface area contributed by atoms with E-state index in [-0.39, 0.29) is 34.9 Å². The number of piperidine rings is 1. The Labute approximate surface area is 232 Å². The minimum atomic E-state index is -3.24. The van der Waals surface area contributed by atoms with E-state index in [9.17, 15) is 18.0 Å². The molecule has 1 aromatic carbocycles. The number of hydrogen-bond donors (Lipinski definition) is 1. The second-order valence-electron chi connectivity index (χ2n) is 12.0. The molecule has 1 aliphatic carbocycles. The number of carbonyl (C=O) groups is 1. The molecule has 214 valence electrons. The van der Waals surface area contributed by atoms with Gasteiger partial charge in [0.05, 0.1) is 11.3 Å². The predicted octanol–water partition coefficient (Wildman–Crippen LogP) is 2.52. The first-order valence-corrected chi connectivity index (χ1v) is 16.0. The van der Waals surface area contributed by atoms with Crippen LogP contribution < -0.4 is 10.9 Å². The van der Waals surface area contributed by atoms with E-state index in [1.807, 2.05) is 52.2 Å². The summed E-state index contributed by atoms with van der Waals surface area (Å²) in [6.07, 6.45) is 3.29. The zero-order valence-electron chi connectivity index (χ0n) is 23.8. The van der Waals surface area contributed by atoms with E-state index >= 15 is 0 Å². The average molecular weight is 558 g/mol. The summed E-state index contributed by atoms with van der Waals surface area (Å²) in [4.78, 5) is 31.1. The van der Waals surface area contributed by atoms with Crippen molar-refractivity contribution in [2.75, 3.05) is 39.5 Å². The third-order valence-corrected chi connectivity index (χ3v) is 11.1. The van der Waals surface area contributed by atoms with Crippen LogP contribution >= 0.6 is 0 Å². The SMILES string of the molecule is CCC1C2C(NC(=O)c3cc4ccccc4n(C(C)C)c3=O)CC2N1CCCS(=O)(=O)N1CCC(N(C)C)C1. The van der Waals surface area contributed by atoms with Crippen LogP contribution in [0.15, 0.2) is 35.1 Å². The van der Waals surface area contributed by atoms with Crippen molar-refractivity contribution in [3.8, 4) is 0 Å². The molecule has 10 heteroatoms. The van der Waals surface area contributed by atoms with Crippen molar-refractivity contribution in [2.24, 2.45) is 5.92 Å². The lowest BCUT2D eigenvalue weighted by Crippen LogP contribution is -2.77. The van der Waals surface area contributed by atoms with Crippen LogP contribution in [0.4, 0.5) is 0 Å². The average Bonchev–Trinajstić information content (AvgIpc) is 3.39. The van der Waals surface area contributed by atoms with Gasteiger partial charge in [0.15, 0.2) is 0 Å². The van der Waals surface area contributed by atoms with Crippen molar-refractivity contribution in [3.05, 3.63) is 46.2 Å². The maximum absolute atomic E-state index is 13.3. The molecule has 1 aromatic heterocycles. The number of hydrogen-bond acceptors (Lipinski definition) is 6. The standard InChI is InChI=1S/C29H43N5O4S/c1-6-24-27-23(30-28(35)22-16-20-10-7-8-11-25(20)34(19(2)3)29(22)36)17-26(27)33(24)13-9-15-39(37,38)32-14-12-21(18-32)31(4)5/h7-8,10-11,16,19,21,23-24,26-27H,6,9,12-15,17-18H2,1-5H3,(H,30,35). The number of amides is 1. The highest BCUT2D eigenvalue weighted by atomic mass is 32.2. The van der Waals surface area contributed by atoms with E-state index in [0.29, 0.717) is 43.6 Å². The van der Waals surface area contributed by atoms with E-state index in [1.165, 1.54) is 0 Å². The third kappa shape index (κ3) is 5.16. The van der Waals surface area contributed by atoms with Gasteiger partial charge >= 0.3 is 0 Å². The highest BCUT2D eigenvalue weighted by molar-refractivity contribution is 7.89. The zero-order chi connectivity index (χ0) is 28.1. The molecule has 5 unspecified atom stereocenters. The molecule has 1 N–H and O–H groups in total. The quantitative estimate of drug-likeness (QED) is 0.483. The largest absolute Gasteiger partial charge is 0.349 e. The fraction of sp³-hybridized carbons (Fsp3) is 0.655. The van der Waals surface area contributed by atoms with Gasteiger partial charge < -0.3 is 14.8 Å². The molecule has 3 aliphatic rings. The van der Waals surface area contributed by atoms with Gasteiger partial charge in [0, 0.05) is 49.2 Å². The summed E-state index contributed by atoms with van der Waals surface area (Å²) in [6, 6.07) is 10.4. The van der Waals surface area contributed by atoms with Gasteiger partial charge in [-0.2, -0.15) is 0 Å². The van der Waals surface area contributed by atoms with Gasteiger partial charge in [-0.1, -0.05) is 25.1 Å². The first kappa shape index (κ1) is 28.3. The van der Waals surface area contributed by atoms with E-state index in [4.69, 9.17) is 0 Å². The number of pyridine rings is 1. The van der Waals surface area contributed by atoms with Crippen molar-refractivity contribution in [1.82, 2.24) is 24.0 Å². The number of sulfonamides is 1. The molecule has 9 nitrogen and oxygen atoms in total. The number of likely N-dealkylation sites (tertiary alicyclic amines) is 1. The Morgan fingerprint density at radius 1 is 1.21 bits per heavy atom. The first-order valence-electron chi connectivity index (χ1n) is 14.4. The van der Waals surface area contributed by atoms with Gasteiger partial charge in [0.1, 0.15) is 5.56 Å². The lowest BCUT2D eigenvalue weighted by atomic mass is 9.61. The molecule has 5 atom stereocenters. The Balaban J connectivity index is 1.18. The van der Waals surface area contributed by atoms with Crippen molar-refractivity contribution in [2.45, 2.75) is 76.7 Å². The monoisotopic (exact) mass is 557 g/mol. The Morgan fingerprint density at radius 3 is 2.62 bits per heavy atom. The summed E-state index contributed by atoms with van der Waals surface area (Å²) < 4.78 is 29.1. The van der Waals surface area contributed by atoms with E-state index in [0.717, 1.165) is 36.7 Å². The second kappa shape index (κ2) is 11.0. The van der Waals surface area contributed by atoms with Crippen LogP contribution in [0.3, 0.4) is 0 Å². The van der Waals surface area contributed by atoms with E-state index in [1.54, 1.807) is 14.9 Å². The van der Waals surface area contributed by atoms with E-state index in [2.05, 4.69) is 22.0 Å². The molecule has 1 saturated carbocycles. The Kier molecular flexibility index (Phi) is 7.94. The summed E-state index contributed by atoms with van der Waals surface area (Å²) in [5.74, 6) is 0.231. The van der Waals surface area contributed by atoms with Crippen LogP contribution in [0.1, 0.15) is 62.9 Å². The number of fused-ring (bicyclic) bond motifs is 2. The molecule has 2 aromatic rings. The molecule has 3 fully saturated rings. The maximum atomic E-state index is 13.3. The van der Waals surface area contributed by atoms with Crippen LogP contribution in [-0.4, -0.2) is 96.6 Å². The van der Waals surface area contributed by atoms with Crippen LogP contribution in [0.2, 0.25) is 0 Å². The van der Waals surface area contributed by atoms with Gasteiger partial charge in [-0.15, -0.1) is 0 Å². The summed E-state index contributed by atoms with van der Waals surface area (Å²) in [5.41, 5.74) is 0.775. The molecular formula is C29H43N5O4S. The third-order valence-electron chi connectivity index (χ3n) is 9.21. The fourth-order valence-electron chi connectivity index (χ4n) is 7.04. The van der Waals surface area contributed by atoms with Crippen molar-refractivity contribution in [3.63, 3.8) is 0 Å². The van der Waals surface area contributed by atoms with Crippen molar-refractivity contribution in [1.29, 1.82) is 0 Å². The number of nitrogens with zero attached hydrogens (tertiary/aromatic N) is 4. The van der Waals surface area contributed by atoms with E-state index < -0.39 is 10.0 Å². The summed E-state index contributed by atoms with van der Waals surface area (Å²) >= 11 is 0.